The third kappa shape index (κ3) is 2.69. The van der Waals surface area contributed by atoms with E-state index in [1.807, 2.05) is 18.2 Å². The van der Waals surface area contributed by atoms with Crippen LogP contribution in [0.25, 0.3) is 53.9 Å². The molecule has 0 heterocycles. The van der Waals surface area contributed by atoms with Crippen molar-refractivity contribution in [2.24, 2.45) is 0 Å². The van der Waals surface area contributed by atoms with E-state index in [2.05, 4.69) is 103 Å². The summed E-state index contributed by atoms with van der Waals surface area (Å²) < 4.78 is 0. The largest absolute Gasteiger partial charge is 0.0616 e. The van der Waals surface area contributed by atoms with Crippen LogP contribution >= 0.6 is 0 Å². The van der Waals surface area contributed by atoms with E-state index >= 15 is 0 Å². The number of hydrogen-bond donors (Lipinski definition) is 0. The van der Waals surface area contributed by atoms with Crippen molar-refractivity contribution in [1.29, 1.82) is 0 Å². The minimum Gasteiger partial charge on any atom is -0.0616 e. The zero-order chi connectivity index (χ0) is 19.9. The minimum absolute atomic E-state index is 1.19. The van der Waals surface area contributed by atoms with E-state index in [-0.39, 0.29) is 0 Å². The first-order chi connectivity index (χ1) is 14.9. The summed E-state index contributed by atoms with van der Waals surface area (Å²) >= 11 is 0. The third-order valence-corrected chi connectivity index (χ3v) is 5.88. The Bertz CT molecular complexity index is 1450. The molecule has 0 saturated heterocycles. The Morgan fingerprint density at radius 3 is 1.90 bits per heavy atom. The number of hydrogen-bond acceptors (Lipinski definition) is 0. The van der Waals surface area contributed by atoms with E-state index in [0.29, 0.717) is 0 Å². The van der Waals surface area contributed by atoms with E-state index in [0.717, 1.165) is 0 Å². The van der Waals surface area contributed by atoms with Crippen molar-refractivity contribution in [2.45, 2.75) is 0 Å². The van der Waals surface area contributed by atoms with E-state index in [1.54, 1.807) is 0 Å². The molecule has 7 aromatic carbocycles. The molecule has 0 N–H and O–H groups in total. The van der Waals surface area contributed by atoms with Gasteiger partial charge in [0.25, 0.3) is 0 Å². The van der Waals surface area contributed by atoms with Crippen LogP contribution in [0.4, 0.5) is 0 Å². The molecule has 0 spiro atoms. The van der Waals surface area contributed by atoms with Gasteiger partial charge in [0.1, 0.15) is 0 Å². The van der Waals surface area contributed by atoms with Crippen LogP contribution in [-0.4, -0.2) is 0 Å². The molecule has 0 heteroatoms. The Morgan fingerprint density at radius 2 is 1.00 bits per heavy atom. The maximum absolute atomic E-state index is 3.31. The second kappa shape index (κ2) is 6.86. The monoisotopic (exact) mass is 378 g/mol. The molecule has 0 saturated carbocycles. The normalized spacial score (nSPS) is 11.3. The van der Waals surface area contributed by atoms with Gasteiger partial charge in [-0.1, -0.05) is 109 Å². The van der Waals surface area contributed by atoms with Crippen LogP contribution in [0.5, 0.6) is 0 Å². The SMILES string of the molecule is [c]1ccc2ccc3cccc4ccc1c2c43.[c]1cccc2c1ccc1ccccc12. The Kier molecular flexibility index (Phi) is 3.89. The molecule has 138 valence electrons. The molecule has 2 radical (unpaired) electrons. The summed E-state index contributed by atoms with van der Waals surface area (Å²) in [6.45, 7) is 0. The second-order valence-corrected chi connectivity index (χ2v) is 7.62. The number of benzene rings is 7. The van der Waals surface area contributed by atoms with Crippen molar-refractivity contribution < 1.29 is 0 Å². The second-order valence-electron chi connectivity index (χ2n) is 7.62. The third-order valence-electron chi connectivity index (χ3n) is 5.88. The summed E-state index contributed by atoms with van der Waals surface area (Å²) in [4.78, 5) is 0. The molecule has 0 nitrogen and oxygen atoms in total. The van der Waals surface area contributed by atoms with E-state index in [4.69, 9.17) is 0 Å². The molecule has 0 atom stereocenters. The quantitative estimate of drug-likeness (QED) is 0.233. The van der Waals surface area contributed by atoms with E-state index < -0.39 is 0 Å². The lowest BCUT2D eigenvalue weighted by Gasteiger charge is -2.09. The van der Waals surface area contributed by atoms with Gasteiger partial charge >= 0.3 is 0 Å². The van der Waals surface area contributed by atoms with Gasteiger partial charge in [0.05, 0.1) is 0 Å². The lowest BCUT2D eigenvalue weighted by Crippen LogP contribution is -1.82. The van der Waals surface area contributed by atoms with Gasteiger partial charge < -0.3 is 0 Å². The highest BCUT2D eigenvalue weighted by Gasteiger charge is 2.06. The average Bonchev–Trinajstić information content (AvgIpc) is 2.83. The van der Waals surface area contributed by atoms with Crippen molar-refractivity contribution in [3.05, 3.63) is 121 Å². The van der Waals surface area contributed by atoms with Gasteiger partial charge in [0, 0.05) is 0 Å². The van der Waals surface area contributed by atoms with Crippen molar-refractivity contribution >= 4 is 53.9 Å². The molecule has 0 bridgehead atoms. The van der Waals surface area contributed by atoms with Crippen LogP contribution in [-0.2, 0) is 0 Å². The molecule has 0 aliphatic carbocycles. The van der Waals surface area contributed by atoms with E-state index in [9.17, 15) is 0 Å². The number of fused-ring (bicyclic) bond motifs is 3. The molecule has 7 rings (SSSR count). The van der Waals surface area contributed by atoms with Gasteiger partial charge in [0.15, 0.2) is 0 Å². The first-order valence-corrected chi connectivity index (χ1v) is 10.2. The fourth-order valence-electron chi connectivity index (χ4n) is 4.47. The first kappa shape index (κ1) is 17.0. The van der Waals surface area contributed by atoms with Gasteiger partial charge in [-0.05, 0) is 66.0 Å². The topological polar surface area (TPSA) is 0 Å². The van der Waals surface area contributed by atoms with Crippen molar-refractivity contribution in [2.75, 3.05) is 0 Å². The zero-order valence-electron chi connectivity index (χ0n) is 16.4. The Balaban J connectivity index is 0.000000118. The molecule has 0 fully saturated rings. The zero-order valence-corrected chi connectivity index (χ0v) is 16.4. The lowest BCUT2D eigenvalue weighted by molar-refractivity contribution is 1.76. The van der Waals surface area contributed by atoms with Crippen LogP contribution < -0.4 is 0 Å². The molecule has 0 unspecified atom stereocenters. The van der Waals surface area contributed by atoms with Crippen LogP contribution in [0.2, 0.25) is 0 Å². The van der Waals surface area contributed by atoms with Gasteiger partial charge in [-0.25, -0.2) is 0 Å². The maximum atomic E-state index is 3.31. The standard InChI is InChI=1S/C16H9.C14H9/c1-3-11-7-9-13-5-2-6-14-10-8-12(4-1)15(11)16(13)14;1-3-7-13-11(5-1)9-10-12-6-2-4-8-14(12)13/h1-5,7-10H;1-5,7-10H. The summed E-state index contributed by atoms with van der Waals surface area (Å²) in [6.07, 6.45) is 0. The molecule has 7 aromatic rings. The Labute approximate surface area is 175 Å². The summed E-state index contributed by atoms with van der Waals surface area (Å²) in [5.41, 5.74) is 0. The minimum atomic E-state index is 1.19. The van der Waals surface area contributed by atoms with Gasteiger partial charge in [-0.15, -0.1) is 0 Å². The fraction of sp³-hybridized carbons (Fsp3) is 0. The highest BCUT2D eigenvalue weighted by molar-refractivity contribution is 6.22. The first-order valence-electron chi connectivity index (χ1n) is 10.2. The van der Waals surface area contributed by atoms with Crippen LogP contribution in [0.15, 0.2) is 109 Å². The Morgan fingerprint density at radius 1 is 0.367 bits per heavy atom. The van der Waals surface area contributed by atoms with Crippen molar-refractivity contribution in [3.63, 3.8) is 0 Å². The molecule has 0 aromatic heterocycles. The summed E-state index contributed by atoms with van der Waals surface area (Å²) in [5, 5.41) is 12.9. The molecule has 0 aliphatic rings. The molecule has 0 amide bonds. The van der Waals surface area contributed by atoms with Crippen LogP contribution in [0.1, 0.15) is 0 Å². The lowest BCUT2D eigenvalue weighted by atomic mass is 9.95. The highest BCUT2D eigenvalue weighted by Crippen LogP contribution is 2.33. The summed E-state index contributed by atoms with van der Waals surface area (Å²) in [5.74, 6) is 0. The number of rotatable bonds is 0. The highest BCUT2D eigenvalue weighted by atomic mass is 14.1. The smallest absolute Gasteiger partial charge is 0.00206 e. The molecule has 30 heavy (non-hydrogen) atoms. The Hall–Kier alpha value is -3.90. The molecule has 0 aliphatic heterocycles. The fourth-order valence-corrected chi connectivity index (χ4v) is 4.47. The van der Waals surface area contributed by atoms with Crippen molar-refractivity contribution in [3.8, 4) is 0 Å². The van der Waals surface area contributed by atoms with Gasteiger partial charge in [-0.2, -0.15) is 0 Å². The van der Waals surface area contributed by atoms with Crippen LogP contribution in [0, 0.1) is 12.1 Å². The average molecular weight is 378 g/mol. The van der Waals surface area contributed by atoms with Crippen LogP contribution in [0.3, 0.4) is 0 Å². The predicted octanol–water partition coefficient (Wildman–Crippen LogP) is 8.18. The summed E-state index contributed by atoms with van der Waals surface area (Å²) in [6, 6.07) is 44.7. The predicted molar refractivity (Wildman–Crippen MR) is 129 cm³/mol. The van der Waals surface area contributed by atoms with Gasteiger partial charge in [0.2, 0.25) is 0 Å². The van der Waals surface area contributed by atoms with E-state index in [1.165, 1.54) is 53.9 Å². The molecular weight excluding hydrogens is 360 g/mol. The van der Waals surface area contributed by atoms with Gasteiger partial charge in [-0.3, -0.25) is 0 Å². The molecular formula is C30H18. The summed E-state index contributed by atoms with van der Waals surface area (Å²) in [7, 11) is 0. The van der Waals surface area contributed by atoms with Crippen molar-refractivity contribution in [1.82, 2.24) is 0 Å². The maximum Gasteiger partial charge on any atom is -0.00206 e.